The minimum absolute atomic E-state index is 0.170. The SMILES string of the molecule is C=C(C)CC(C)(C)C.CC.CCc1cc(-c2ncco2)ccc1-c1ccccc1S(=O)(=O)Nc1noc(C)c1C. The van der Waals surface area contributed by atoms with Crippen LogP contribution >= 0.6 is 0 Å². The molecule has 216 valence electrons. The lowest BCUT2D eigenvalue weighted by Gasteiger charge is -2.17. The van der Waals surface area contributed by atoms with Gasteiger partial charge in [-0.1, -0.05) is 76.5 Å². The summed E-state index contributed by atoms with van der Waals surface area (Å²) >= 11 is 0. The van der Waals surface area contributed by atoms with Crippen LogP contribution in [-0.2, 0) is 16.4 Å². The van der Waals surface area contributed by atoms with Crippen molar-refractivity contribution in [2.24, 2.45) is 5.41 Å². The third kappa shape index (κ3) is 8.68. The van der Waals surface area contributed by atoms with Gasteiger partial charge in [0.2, 0.25) is 5.89 Å². The normalized spacial score (nSPS) is 11.1. The Kier molecular flexibility index (Phi) is 11.5. The number of oxazole rings is 1. The van der Waals surface area contributed by atoms with Crippen molar-refractivity contribution in [3.63, 3.8) is 0 Å². The molecule has 0 radical (unpaired) electrons. The topological polar surface area (TPSA) is 98.2 Å². The molecule has 4 aromatic rings. The summed E-state index contributed by atoms with van der Waals surface area (Å²) in [5, 5.41) is 3.82. The van der Waals surface area contributed by atoms with E-state index in [9.17, 15) is 8.42 Å². The number of nitrogens with one attached hydrogen (secondary N) is 1. The lowest BCUT2D eigenvalue weighted by molar-refractivity contribution is 0.399. The molecule has 0 saturated heterocycles. The van der Waals surface area contributed by atoms with Gasteiger partial charge in [-0.3, -0.25) is 4.72 Å². The lowest BCUT2D eigenvalue weighted by atomic mass is 9.89. The zero-order chi connectivity index (χ0) is 30.1. The quantitative estimate of drug-likeness (QED) is 0.225. The van der Waals surface area contributed by atoms with Gasteiger partial charge in [-0.05, 0) is 68.4 Å². The molecule has 1 N–H and O–H groups in total. The molecule has 2 aromatic carbocycles. The van der Waals surface area contributed by atoms with Crippen molar-refractivity contribution in [1.29, 1.82) is 0 Å². The van der Waals surface area contributed by atoms with Crippen molar-refractivity contribution >= 4 is 15.8 Å². The Morgan fingerprint density at radius 1 is 1.05 bits per heavy atom. The van der Waals surface area contributed by atoms with Gasteiger partial charge in [0.1, 0.15) is 12.0 Å². The van der Waals surface area contributed by atoms with Crippen LogP contribution < -0.4 is 4.72 Å². The second-order valence-electron chi connectivity index (χ2n) is 10.6. The molecule has 7 nitrogen and oxygen atoms in total. The van der Waals surface area contributed by atoms with Gasteiger partial charge in [-0.25, -0.2) is 13.4 Å². The smallest absolute Gasteiger partial charge is 0.263 e. The second kappa shape index (κ2) is 14.1. The molecule has 40 heavy (non-hydrogen) atoms. The minimum atomic E-state index is -3.88. The number of benzene rings is 2. The number of hydrogen-bond donors (Lipinski definition) is 1. The summed E-state index contributed by atoms with van der Waals surface area (Å²) in [6.07, 6.45) is 4.96. The van der Waals surface area contributed by atoms with E-state index in [0.29, 0.717) is 34.6 Å². The molecule has 4 rings (SSSR count). The Labute approximate surface area is 239 Å². The van der Waals surface area contributed by atoms with E-state index in [4.69, 9.17) is 8.94 Å². The highest BCUT2D eigenvalue weighted by Crippen LogP contribution is 2.34. The Morgan fingerprint density at radius 3 is 2.23 bits per heavy atom. The number of anilines is 1. The third-order valence-electron chi connectivity index (χ3n) is 5.85. The first-order chi connectivity index (χ1) is 18.8. The van der Waals surface area contributed by atoms with Gasteiger partial charge in [0.15, 0.2) is 5.82 Å². The van der Waals surface area contributed by atoms with Gasteiger partial charge < -0.3 is 8.94 Å². The number of hydrogen-bond acceptors (Lipinski definition) is 6. The zero-order valence-electron chi connectivity index (χ0n) is 25.3. The fourth-order valence-corrected chi connectivity index (χ4v) is 5.45. The highest BCUT2D eigenvalue weighted by atomic mass is 32.2. The number of sulfonamides is 1. The highest BCUT2D eigenvalue weighted by molar-refractivity contribution is 7.92. The molecule has 0 amide bonds. The second-order valence-corrected chi connectivity index (χ2v) is 12.2. The summed E-state index contributed by atoms with van der Waals surface area (Å²) in [6.45, 7) is 22.1. The molecular formula is C32H43N3O4S. The Morgan fingerprint density at radius 2 is 1.73 bits per heavy atom. The molecule has 0 atom stereocenters. The molecule has 0 aliphatic heterocycles. The minimum Gasteiger partial charge on any atom is -0.445 e. The van der Waals surface area contributed by atoms with E-state index in [2.05, 4.69) is 49.1 Å². The van der Waals surface area contributed by atoms with E-state index in [-0.39, 0.29) is 10.7 Å². The fraction of sp³-hybridized carbons (Fsp3) is 0.375. The summed E-state index contributed by atoms with van der Waals surface area (Å²) in [7, 11) is -3.88. The monoisotopic (exact) mass is 565 g/mol. The lowest BCUT2D eigenvalue weighted by Crippen LogP contribution is -2.15. The molecule has 0 unspecified atom stereocenters. The highest BCUT2D eigenvalue weighted by Gasteiger charge is 2.23. The van der Waals surface area contributed by atoms with Crippen LogP contribution in [-0.4, -0.2) is 18.6 Å². The van der Waals surface area contributed by atoms with Crippen LogP contribution in [0, 0.1) is 19.3 Å². The first kappa shape index (κ1) is 32.6. The van der Waals surface area contributed by atoms with Crippen molar-refractivity contribution < 1.29 is 17.4 Å². The molecule has 0 spiro atoms. The third-order valence-corrected chi connectivity index (χ3v) is 7.25. The van der Waals surface area contributed by atoms with Crippen LogP contribution in [0.2, 0.25) is 0 Å². The summed E-state index contributed by atoms with van der Waals surface area (Å²) in [5.74, 6) is 1.28. The van der Waals surface area contributed by atoms with Crippen molar-refractivity contribution in [1.82, 2.24) is 10.1 Å². The van der Waals surface area contributed by atoms with Gasteiger partial charge >= 0.3 is 0 Å². The Hall–Kier alpha value is -3.65. The van der Waals surface area contributed by atoms with Gasteiger partial charge in [0, 0.05) is 16.7 Å². The summed E-state index contributed by atoms with van der Waals surface area (Å²) < 4.78 is 39.4. The average Bonchev–Trinajstić information content (AvgIpc) is 3.55. The molecule has 0 fully saturated rings. The standard InChI is InChI=1S/C22H21N3O4S.C8H16.C2H6/c1-4-16-13-17(22-23-11-12-28-22)9-10-18(16)19-7-5-6-8-20(19)30(26,27)25-21-14(2)15(3)29-24-21;1-7(2)6-8(3,4)5;1-2/h5-13H,4H2,1-3H3,(H,24,25);1,6H2,2-5H3;1-2H3. The maximum absolute atomic E-state index is 13.2. The van der Waals surface area contributed by atoms with Gasteiger partial charge in [0.25, 0.3) is 10.0 Å². The number of allylic oxidation sites excluding steroid dienone is 1. The van der Waals surface area contributed by atoms with Crippen LogP contribution in [0.3, 0.4) is 0 Å². The van der Waals surface area contributed by atoms with Crippen LogP contribution in [0.1, 0.15) is 71.8 Å². The number of nitrogens with zero attached hydrogens (tertiary/aromatic N) is 2. The van der Waals surface area contributed by atoms with E-state index in [1.807, 2.05) is 45.0 Å². The van der Waals surface area contributed by atoms with E-state index in [0.717, 1.165) is 23.1 Å². The largest absolute Gasteiger partial charge is 0.445 e. The van der Waals surface area contributed by atoms with Gasteiger partial charge in [-0.15, -0.1) is 6.58 Å². The van der Waals surface area contributed by atoms with Crippen molar-refractivity contribution in [2.75, 3.05) is 4.72 Å². The van der Waals surface area contributed by atoms with E-state index >= 15 is 0 Å². The molecule has 0 saturated carbocycles. The molecule has 0 aliphatic rings. The summed E-state index contributed by atoms with van der Waals surface area (Å²) in [4.78, 5) is 4.36. The van der Waals surface area contributed by atoms with Crippen LogP contribution in [0.15, 0.2) is 80.9 Å². The maximum Gasteiger partial charge on any atom is 0.263 e. The maximum atomic E-state index is 13.2. The molecule has 2 heterocycles. The molecule has 8 heteroatoms. The van der Waals surface area contributed by atoms with E-state index < -0.39 is 10.0 Å². The van der Waals surface area contributed by atoms with Crippen molar-refractivity contribution in [2.45, 2.75) is 80.1 Å². The number of aryl methyl sites for hydroxylation is 2. The zero-order valence-corrected chi connectivity index (χ0v) is 26.1. The number of rotatable bonds is 7. The fourth-order valence-electron chi connectivity index (χ4n) is 4.17. The molecule has 2 aromatic heterocycles. The van der Waals surface area contributed by atoms with Gasteiger partial charge in [-0.2, -0.15) is 0 Å². The van der Waals surface area contributed by atoms with Crippen molar-refractivity contribution in [3.05, 3.63) is 84.0 Å². The average molecular weight is 566 g/mol. The first-order valence-corrected chi connectivity index (χ1v) is 15.0. The Balaban J connectivity index is 0.000000484. The summed E-state index contributed by atoms with van der Waals surface area (Å²) in [5.41, 5.74) is 5.62. The molecule has 0 bridgehead atoms. The predicted octanol–water partition coefficient (Wildman–Crippen LogP) is 9.00. The molecular weight excluding hydrogens is 522 g/mol. The van der Waals surface area contributed by atoms with E-state index in [1.54, 1.807) is 38.2 Å². The number of aromatic nitrogens is 2. The van der Waals surface area contributed by atoms with E-state index in [1.165, 1.54) is 11.8 Å². The predicted molar refractivity (Wildman–Crippen MR) is 164 cm³/mol. The van der Waals surface area contributed by atoms with Crippen LogP contribution in [0.4, 0.5) is 5.82 Å². The van der Waals surface area contributed by atoms with Gasteiger partial charge in [0.05, 0.1) is 11.1 Å². The summed E-state index contributed by atoms with van der Waals surface area (Å²) in [6, 6.07) is 12.7. The van der Waals surface area contributed by atoms with Crippen molar-refractivity contribution in [3.8, 4) is 22.6 Å². The molecule has 0 aliphatic carbocycles. The Bertz CT molecular complexity index is 1500. The van der Waals surface area contributed by atoms with Crippen LogP contribution in [0.5, 0.6) is 0 Å². The first-order valence-electron chi connectivity index (χ1n) is 13.5. The van der Waals surface area contributed by atoms with Crippen LogP contribution in [0.25, 0.3) is 22.6 Å².